The molecule has 2 fully saturated rings. The average Bonchev–Trinajstić information content (AvgIpc) is 2.96. The van der Waals surface area contributed by atoms with Crippen molar-refractivity contribution in [3.05, 3.63) is 11.6 Å². The number of likely N-dealkylation sites (tertiary alicyclic amines) is 2. The summed E-state index contributed by atoms with van der Waals surface area (Å²) in [4.78, 5) is 4.17. The quantitative estimate of drug-likeness (QED) is 0.852. The van der Waals surface area contributed by atoms with Crippen LogP contribution in [0.1, 0.15) is 49.7 Å². The summed E-state index contributed by atoms with van der Waals surface area (Å²) >= 11 is 0. The van der Waals surface area contributed by atoms with Gasteiger partial charge in [0.15, 0.2) is 0 Å². The van der Waals surface area contributed by atoms with Crippen molar-refractivity contribution in [1.82, 2.24) is 24.6 Å². The summed E-state index contributed by atoms with van der Waals surface area (Å²) in [6, 6.07) is 0. The first-order valence-electron chi connectivity index (χ1n) is 9.39. The van der Waals surface area contributed by atoms with Gasteiger partial charge in [-0.1, -0.05) is 0 Å². The second-order valence-corrected chi connectivity index (χ2v) is 7.52. The molecule has 0 atom stereocenters. The first-order chi connectivity index (χ1) is 12.3. The van der Waals surface area contributed by atoms with Crippen LogP contribution in [0, 0.1) is 0 Å². The summed E-state index contributed by atoms with van der Waals surface area (Å²) < 4.78 is 39.1. The van der Waals surface area contributed by atoms with Gasteiger partial charge >= 0.3 is 6.18 Å². The maximum absolute atomic E-state index is 12.4. The summed E-state index contributed by atoms with van der Waals surface area (Å²) in [5, 5.41) is 18.3. The molecule has 0 amide bonds. The Balaban J connectivity index is 1.51. The van der Waals surface area contributed by atoms with Crippen LogP contribution in [0.3, 0.4) is 0 Å². The van der Waals surface area contributed by atoms with Crippen molar-refractivity contribution in [2.24, 2.45) is 7.05 Å². The zero-order valence-electron chi connectivity index (χ0n) is 15.3. The molecule has 6 nitrogen and oxygen atoms in total. The van der Waals surface area contributed by atoms with Crippen LogP contribution in [0.2, 0.25) is 0 Å². The molecule has 1 aromatic heterocycles. The lowest BCUT2D eigenvalue weighted by Crippen LogP contribution is -2.36. The molecule has 3 rings (SSSR count). The van der Waals surface area contributed by atoms with E-state index in [2.05, 4.69) is 15.1 Å². The van der Waals surface area contributed by atoms with Gasteiger partial charge < -0.3 is 14.6 Å². The van der Waals surface area contributed by atoms with Gasteiger partial charge in [0.2, 0.25) is 0 Å². The van der Waals surface area contributed by atoms with Gasteiger partial charge in [-0.15, -0.1) is 10.2 Å². The summed E-state index contributed by atoms with van der Waals surface area (Å²) in [5.74, 6) is 2.11. The van der Waals surface area contributed by atoms with E-state index in [4.69, 9.17) is 0 Å². The van der Waals surface area contributed by atoms with E-state index < -0.39 is 12.6 Å². The average molecular weight is 375 g/mol. The third kappa shape index (κ3) is 5.17. The number of rotatable bonds is 5. The van der Waals surface area contributed by atoms with E-state index >= 15 is 0 Å². The highest BCUT2D eigenvalue weighted by Crippen LogP contribution is 2.28. The molecule has 0 spiro atoms. The molecule has 0 aliphatic carbocycles. The highest BCUT2D eigenvalue weighted by atomic mass is 19.4. The van der Waals surface area contributed by atoms with Crippen molar-refractivity contribution in [3.63, 3.8) is 0 Å². The van der Waals surface area contributed by atoms with E-state index in [1.54, 1.807) is 0 Å². The van der Waals surface area contributed by atoms with Crippen molar-refractivity contribution in [2.45, 2.75) is 56.8 Å². The zero-order valence-corrected chi connectivity index (χ0v) is 15.3. The van der Waals surface area contributed by atoms with Crippen LogP contribution in [0.25, 0.3) is 0 Å². The maximum Gasteiger partial charge on any atom is 0.390 e. The number of aliphatic hydroxyl groups is 1. The van der Waals surface area contributed by atoms with Gasteiger partial charge in [-0.05, 0) is 38.8 Å². The number of aromatic nitrogens is 3. The Bertz CT molecular complexity index is 575. The van der Waals surface area contributed by atoms with Gasteiger partial charge in [0.25, 0.3) is 0 Å². The van der Waals surface area contributed by atoms with Gasteiger partial charge in [0, 0.05) is 32.6 Å². The van der Waals surface area contributed by atoms with Gasteiger partial charge in [-0.2, -0.15) is 13.2 Å². The lowest BCUT2D eigenvalue weighted by molar-refractivity contribution is -0.138. The van der Waals surface area contributed by atoms with E-state index in [9.17, 15) is 18.3 Å². The Morgan fingerprint density at radius 1 is 1.00 bits per heavy atom. The summed E-state index contributed by atoms with van der Waals surface area (Å²) in [6.07, 6.45) is -1.79. The number of hydrogen-bond donors (Lipinski definition) is 1. The summed E-state index contributed by atoms with van der Waals surface area (Å²) in [7, 11) is 1.97. The Morgan fingerprint density at radius 3 is 2.23 bits per heavy atom. The maximum atomic E-state index is 12.4. The Morgan fingerprint density at radius 2 is 1.62 bits per heavy atom. The molecular weight excluding hydrogens is 347 g/mol. The smallest absolute Gasteiger partial charge is 0.390 e. The van der Waals surface area contributed by atoms with Crippen LogP contribution in [0.5, 0.6) is 0 Å². The van der Waals surface area contributed by atoms with Gasteiger partial charge in [-0.25, -0.2) is 0 Å². The van der Waals surface area contributed by atoms with Crippen LogP contribution < -0.4 is 0 Å². The van der Waals surface area contributed by atoms with Crippen molar-refractivity contribution in [2.75, 3.05) is 32.7 Å². The van der Waals surface area contributed by atoms with Crippen LogP contribution in [0.4, 0.5) is 13.2 Å². The summed E-state index contributed by atoms with van der Waals surface area (Å²) in [6.45, 7) is 3.88. The van der Waals surface area contributed by atoms with E-state index in [-0.39, 0.29) is 18.6 Å². The molecule has 0 saturated carbocycles. The SMILES string of the molecule is Cn1c(CN2CCC(O)CC2)nnc1C1CCN(CCC(F)(F)F)CC1. The molecule has 148 valence electrons. The number of halogens is 3. The number of piperidine rings is 2. The Kier molecular flexibility index (Phi) is 6.19. The Labute approximate surface area is 152 Å². The highest BCUT2D eigenvalue weighted by Gasteiger charge is 2.30. The molecule has 2 aliphatic rings. The largest absolute Gasteiger partial charge is 0.393 e. The molecule has 0 radical (unpaired) electrons. The first-order valence-corrected chi connectivity index (χ1v) is 9.39. The fraction of sp³-hybridized carbons (Fsp3) is 0.882. The lowest BCUT2D eigenvalue weighted by Gasteiger charge is -2.31. The predicted octanol–water partition coefficient (Wildman–Crippen LogP) is 1.90. The molecule has 0 unspecified atom stereocenters. The number of aliphatic hydroxyl groups excluding tert-OH is 1. The van der Waals surface area contributed by atoms with Crippen LogP contribution >= 0.6 is 0 Å². The highest BCUT2D eigenvalue weighted by molar-refractivity contribution is 5.03. The minimum Gasteiger partial charge on any atom is -0.393 e. The van der Waals surface area contributed by atoms with Crippen molar-refractivity contribution in [1.29, 1.82) is 0 Å². The van der Waals surface area contributed by atoms with Crippen LogP contribution in [-0.4, -0.2) is 74.7 Å². The molecule has 0 bridgehead atoms. The fourth-order valence-corrected chi connectivity index (χ4v) is 3.85. The predicted molar refractivity (Wildman–Crippen MR) is 90.6 cm³/mol. The standard InChI is InChI=1S/C17H28F3N5O/c1-23-15(12-25-9-4-14(26)5-10-25)21-22-16(23)13-2-7-24(8-3-13)11-6-17(18,19)20/h13-14,26H,2-12H2,1H3. The topological polar surface area (TPSA) is 57.4 Å². The third-order valence-corrected chi connectivity index (χ3v) is 5.59. The molecule has 26 heavy (non-hydrogen) atoms. The van der Waals surface area contributed by atoms with E-state index in [1.807, 2.05) is 16.5 Å². The van der Waals surface area contributed by atoms with Crippen LogP contribution in [-0.2, 0) is 13.6 Å². The number of hydrogen-bond acceptors (Lipinski definition) is 5. The van der Waals surface area contributed by atoms with Gasteiger partial charge in [0.1, 0.15) is 11.6 Å². The number of nitrogens with zero attached hydrogens (tertiary/aromatic N) is 5. The molecule has 1 N–H and O–H groups in total. The molecular formula is C17H28F3N5O. The monoisotopic (exact) mass is 375 g/mol. The normalized spacial score (nSPS) is 22.2. The zero-order chi connectivity index (χ0) is 18.7. The van der Waals surface area contributed by atoms with Crippen LogP contribution in [0.15, 0.2) is 0 Å². The van der Waals surface area contributed by atoms with E-state index in [0.29, 0.717) is 13.1 Å². The van der Waals surface area contributed by atoms with E-state index in [0.717, 1.165) is 57.0 Å². The van der Waals surface area contributed by atoms with Crippen molar-refractivity contribution in [3.8, 4) is 0 Å². The lowest BCUT2D eigenvalue weighted by atomic mass is 9.96. The minimum atomic E-state index is -4.08. The van der Waals surface area contributed by atoms with Crippen molar-refractivity contribution < 1.29 is 18.3 Å². The third-order valence-electron chi connectivity index (χ3n) is 5.59. The molecule has 3 heterocycles. The number of alkyl halides is 3. The second-order valence-electron chi connectivity index (χ2n) is 7.52. The molecule has 9 heteroatoms. The second kappa shape index (κ2) is 8.22. The minimum absolute atomic E-state index is 0.0844. The first kappa shape index (κ1) is 19.6. The Hall–Kier alpha value is -1.19. The molecule has 0 aromatic carbocycles. The molecule has 2 aliphatic heterocycles. The van der Waals surface area contributed by atoms with Crippen molar-refractivity contribution >= 4 is 0 Å². The fourth-order valence-electron chi connectivity index (χ4n) is 3.85. The molecule has 1 aromatic rings. The summed E-state index contributed by atoms with van der Waals surface area (Å²) in [5.41, 5.74) is 0. The van der Waals surface area contributed by atoms with Gasteiger partial charge in [-0.3, -0.25) is 4.90 Å². The molecule has 2 saturated heterocycles. The van der Waals surface area contributed by atoms with Gasteiger partial charge in [0.05, 0.1) is 19.1 Å². The van der Waals surface area contributed by atoms with E-state index in [1.165, 1.54) is 0 Å².